The molecule has 0 saturated heterocycles. The van der Waals surface area contributed by atoms with Crippen LogP contribution in [0, 0.1) is 13.8 Å². The van der Waals surface area contributed by atoms with Gasteiger partial charge in [0.05, 0.1) is 0 Å². The van der Waals surface area contributed by atoms with E-state index in [1.165, 1.54) is 82.0 Å². The van der Waals surface area contributed by atoms with E-state index in [4.69, 9.17) is 0 Å². The quantitative estimate of drug-likeness (QED) is 0.773. The molecule has 1 saturated carbocycles. The van der Waals surface area contributed by atoms with Crippen LogP contribution in [0.3, 0.4) is 0 Å². The van der Waals surface area contributed by atoms with Gasteiger partial charge in [0.2, 0.25) is 0 Å². The van der Waals surface area contributed by atoms with Crippen molar-refractivity contribution in [2.45, 2.75) is 90.5 Å². The Bertz CT molecular complexity index is 349. The van der Waals surface area contributed by atoms with Gasteiger partial charge in [-0.2, -0.15) is 0 Å². The predicted molar refractivity (Wildman–Crippen MR) is 87.8 cm³/mol. The number of rotatable bonds is 2. The summed E-state index contributed by atoms with van der Waals surface area (Å²) >= 11 is 0. The third kappa shape index (κ3) is 4.88. The second-order valence-electron chi connectivity index (χ2n) is 6.54. The van der Waals surface area contributed by atoms with Gasteiger partial charge in [-0.25, -0.2) is 0 Å². The normalized spacial score (nSPS) is 20.1. The number of hydrogen-bond donors (Lipinski definition) is 1. The molecule has 0 bridgehead atoms. The third-order valence-electron chi connectivity index (χ3n) is 4.69. The summed E-state index contributed by atoms with van der Waals surface area (Å²) in [6.45, 7) is 4.38. The first-order valence-electron chi connectivity index (χ1n) is 8.69. The maximum atomic E-state index is 3.77. The van der Waals surface area contributed by atoms with Crippen LogP contribution >= 0.6 is 0 Å². The van der Waals surface area contributed by atoms with Crippen LogP contribution in [-0.4, -0.2) is 10.7 Å². The van der Waals surface area contributed by atoms with E-state index in [0.717, 1.165) is 0 Å². The summed E-state index contributed by atoms with van der Waals surface area (Å²) in [5.41, 5.74) is 6.42. The molecule has 0 aliphatic heterocycles. The van der Waals surface area contributed by atoms with Crippen LogP contribution in [0.15, 0.2) is 12.1 Å². The van der Waals surface area contributed by atoms with Gasteiger partial charge in [0.15, 0.2) is 0 Å². The lowest BCUT2D eigenvalue weighted by molar-refractivity contribution is 0.460. The molecule has 1 aliphatic rings. The summed E-state index contributed by atoms with van der Waals surface area (Å²) in [7, 11) is 0. The van der Waals surface area contributed by atoms with Gasteiger partial charge in [0, 0.05) is 17.4 Å². The summed E-state index contributed by atoms with van der Waals surface area (Å²) in [6, 6.07) is 5.06. The van der Waals surface area contributed by atoms with Crippen molar-refractivity contribution in [1.82, 2.24) is 4.68 Å². The first kappa shape index (κ1) is 15.5. The van der Waals surface area contributed by atoms with Crippen molar-refractivity contribution in [1.29, 1.82) is 0 Å². The van der Waals surface area contributed by atoms with Crippen LogP contribution in [0.4, 0.5) is 0 Å². The molecular weight excluding hydrogens is 244 g/mol. The van der Waals surface area contributed by atoms with E-state index in [1.807, 2.05) is 0 Å². The maximum Gasteiger partial charge on any atom is 0.0424 e. The molecule has 1 aromatic rings. The second-order valence-corrected chi connectivity index (χ2v) is 6.54. The third-order valence-corrected chi connectivity index (χ3v) is 4.69. The molecule has 20 heavy (non-hydrogen) atoms. The Morgan fingerprint density at radius 3 is 1.60 bits per heavy atom. The van der Waals surface area contributed by atoms with E-state index in [0.29, 0.717) is 6.04 Å². The van der Waals surface area contributed by atoms with E-state index >= 15 is 0 Å². The van der Waals surface area contributed by atoms with Gasteiger partial charge in [-0.3, -0.25) is 4.68 Å². The highest BCUT2D eigenvalue weighted by Gasteiger charge is 2.11. The summed E-state index contributed by atoms with van der Waals surface area (Å²) < 4.78 is 2.29. The average molecular weight is 276 g/mol. The first-order chi connectivity index (χ1) is 9.77. The predicted octanol–water partition coefficient (Wildman–Crippen LogP) is 5.32. The molecule has 114 valence electrons. The Kier molecular flexibility index (Phi) is 6.49. The summed E-state index contributed by atoms with van der Waals surface area (Å²) in [6.07, 6.45) is 15.5. The molecule has 0 aromatic carbocycles. The van der Waals surface area contributed by atoms with E-state index in [1.54, 1.807) is 0 Å². The molecule has 0 radical (unpaired) electrons. The minimum absolute atomic E-state index is 0.652. The van der Waals surface area contributed by atoms with Gasteiger partial charge in [-0.15, -0.1) is 0 Å². The minimum atomic E-state index is 0.652. The SMILES string of the molecule is Cc1ccc(C)n1NC1CCCCCCCCCCC1. The van der Waals surface area contributed by atoms with Crippen molar-refractivity contribution in [2.75, 3.05) is 5.43 Å². The summed E-state index contributed by atoms with van der Waals surface area (Å²) in [5, 5.41) is 0. The number of aromatic nitrogens is 1. The van der Waals surface area contributed by atoms with Gasteiger partial charge in [0.25, 0.3) is 0 Å². The second kappa shape index (κ2) is 8.39. The Labute approximate surface area is 124 Å². The lowest BCUT2D eigenvalue weighted by atomic mass is 9.98. The van der Waals surface area contributed by atoms with E-state index in [-0.39, 0.29) is 0 Å². The van der Waals surface area contributed by atoms with Gasteiger partial charge in [0.1, 0.15) is 0 Å². The fraction of sp³-hybridized carbons (Fsp3) is 0.778. The zero-order chi connectivity index (χ0) is 14.2. The van der Waals surface area contributed by atoms with Crippen molar-refractivity contribution in [3.63, 3.8) is 0 Å². The van der Waals surface area contributed by atoms with Crippen LogP contribution in [0.2, 0.25) is 0 Å². The lowest BCUT2D eigenvalue weighted by Gasteiger charge is -2.23. The molecule has 2 rings (SSSR count). The first-order valence-corrected chi connectivity index (χ1v) is 8.69. The van der Waals surface area contributed by atoms with E-state index < -0.39 is 0 Å². The van der Waals surface area contributed by atoms with Crippen LogP contribution < -0.4 is 5.43 Å². The highest BCUT2D eigenvalue weighted by molar-refractivity contribution is 5.15. The Hall–Kier alpha value is -0.920. The maximum absolute atomic E-state index is 3.77. The molecule has 2 nitrogen and oxygen atoms in total. The summed E-state index contributed by atoms with van der Waals surface area (Å²) in [4.78, 5) is 0. The van der Waals surface area contributed by atoms with Crippen molar-refractivity contribution in [2.24, 2.45) is 0 Å². The van der Waals surface area contributed by atoms with Gasteiger partial charge in [-0.1, -0.05) is 57.8 Å². The highest BCUT2D eigenvalue weighted by Crippen LogP contribution is 2.18. The largest absolute Gasteiger partial charge is 0.323 e. The minimum Gasteiger partial charge on any atom is -0.323 e. The Morgan fingerprint density at radius 2 is 1.15 bits per heavy atom. The molecule has 1 aliphatic carbocycles. The molecule has 0 atom stereocenters. The zero-order valence-electron chi connectivity index (χ0n) is 13.5. The Balaban J connectivity index is 1.88. The fourth-order valence-corrected chi connectivity index (χ4v) is 3.35. The molecule has 0 unspecified atom stereocenters. The monoisotopic (exact) mass is 276 g/mol. The van der Waals surface area contributed by atoms with Gasteiger partial charge < -0.3 is 5.43 Å². The molecule has 1 heterocycles. The molecule has 2 heteroatoms. The van der Waals surface area contributed by atoms with Crippen LogP contribution in [0.1, 0.15) is 82.0 Å². The van der Waals surface area contributed by atoms with E-state index in [9.17, 15) is 0 Å². The standard InChI is InChI=1S/C18H32N2/c1-16-14-15-17(2)20(16)19-18-12-10-8-6-4-3-5-7-9-11-13-18/h14-15,18-19H,3-13H2,1-2H3. The number of nitrogens with one attached hydrogen (secondary N) is 1. The smallest absolute Gasteiger partial charge is 0.0424 e. The van der Waals surface area contributed by atoms with Gasteiger partial charge in [-0.05, 0) is 38.8 Å². The molecule has 1 fully saturated rings. The summed E-state index contributed by atoms with van der Waals surface area (Å²) in [5.74, 6) is 0. The average Bonchev–Trinajstić information content (AvgIpc) is 2.73. The number of nitrogens with zero attached hydrogens (tertiary/aromatic N) is 1. The molecule has 1 aromatic heterocycles. The van der Waals surface area contributed by atoms with Crippen molar-refractivity contribution >= 4 is 0 Å². The van der Waals surface area contributed by atoms with Crippen molar-refractivity contribution < 1.29 is 0 Å². The zero-order valence-corrected chi connectivity index (χ0v) is 13.5. The molecule has 1 N–H and O–H groups in total. The topological polar surface area (TPSA) is 17.0 Å². The highest BCUT2D eigenvalue weighted by atomic mass is 15.4. The van der Waals surface area contributed by atoms with Crippen LogP contribution in [0.25, 0.3) is 0 Å². The van der Waals surface area contributed by atoms with E-state index in [2.05, 4.69) is 36.1 Å². The van der Waals surface area contributed by atoms with Crippen LogP contribution in [0.5, 0.6) is 0 Å². The van der Waals surface area contributed by atoms with Gasteiger partial charge >= 0.3 is 0 Å². The fourth-order valence-electron chi connectivity index (χ4n) is 3.35. The lowest BCUT2D eigenvalue weighted by Crippen LogP contribution is -2.29. The molecule has 0 amide bonds. The number of aryl methyl sites for hydroxylation is 2. The van der Waals surface area contributed by atoms with Crippen molar-refractivity contribution in [3.05, 3.63) is 23.5 Å². The van der Waals surface area contributed by atoms with Crippen LogP contribution in [-0.2, 0) is 0 Å². The molecular formula is C18H32N2. The Morgan fingerprint density at radius 1 is 0.750 bits per heavy atom. The number of hydrogen-bond acceptors (Lipinski definition) is 1. The van der Waals surface area contributed by atoms with Crippen molar-refractivity contribution in [3.8, 4) is 0 Å². The molecule has 0 spiro atoms.